The fourth-order valence-corrected chi connectivity index (χ4v) is 3.88. The highest BCUT2D eigenvalue weighted by molar-refractivity contribution is 4.95. The molecule has 2 saturated carbocycles. The second-order valence-electron chi connectivity index (χ2n) is 6.03. The zero-order valence-corrected chi connectivity index (χ0v) is 10.6. The molecule has 2 aliphatic rings. The van der Waals surface area contributed by atoms with Crippen molar-refractivity contribution in [2.24, 2.45) is 11.8 Å². The molecule has 0 aliphatic heterocycles. The maximum absolute atomic E-state index is 6.28. The Kier molecular flexibility index (Phi) is 3.39. The summed E-state index contributed by atoms with van der Waals surface area (Å²) in [5.74, 6) is 1.90. The summed E-state index contributed by atoms with van der Waals surface area (Å²) < 4.78 is 6.28. The van der Waals surface area contributed by atoms with Crippen LogP contribution in [0.25, 0.3) is 0 Å². The van der Waals surface area contributed by atoms with Gasteiger partial charge in [0.2, 0.25) is 0 Å². The Morgan fingerprint density at radius 2 is 2.13 bits per heavy atom. The fraction of sp³-hybridized carbons (Fsp3) is 1.00. The molecule has 2 aliphatic carbocycles. The van der Waals surface area contributed by atoms with E-state index in [-0.39, 0.29) is 5.60 Å². The minimum Gasteiger partial charge on any atom is -0.372 e. The van der Waals surface area contributed by atoms with Crippen LogP contribution in [0.5, 0.6) is 0 Å². The second-order valence-corrected chi connectivity index (χ2v) is 6.03. The Morgan fingerprint density at radius 3 is 2.80 bits per heavy atom. The van der Waals surface area contributed by atoms with Crippen LogP contribution in [0.2, 0.25) is 0 Å². The molecule has 1 nitrogen and oxygen atoms in total. The SMILES string of the molecule is CCC1CC2CCC[C@](OC(C)C)(C1)C2. The lowest BCUT2D eigenvalue weighted by molar-refractivity contribution is -0.143. The van der Waals surface area contributed by atoms with E-state index in [0.717, 1.165) is 11.8 Å². The lowest BCUT2D eigenvalue weighted by Crippen LogP contribution is -2.45. The van der Waals surface area contributed by atoms with Crippen LogP contribution in [0.3, 0.4) is 0 Å². The average molecular weight is 210 g/mol. The van der Waals surface area contributed by atoms with Crippen molar-refractivity contribution in [3.05, 3.63) is 0 Å². The third kappa shape index (κ3) is 2.55. The Balaban J connectivity index is 2.06. The predicted molar refractivity (Wildman–Crippen MR) is 63.9 cm³/mol. The fourth-order valence-electron chi connectivity index (χ4n) is 3.88. The largest absolute Gasteiger partial charge is 0.372 e. The van der Waals surface area contributed by atoms with Gasteiger partial charge >= 0.3 is 0 Å². The van der Waals surface area contributed by atoms with E-state index in [2.05, 4.69) is 20.8 Å². The lowest BCUT2D eigenvalue weighted by atomic mass is 9.64. The van der Waals surface area contributed by atoms with Gasteiger partial charge in [0.15, 0.2) is 0 Å². The van der Waals surface area contributed by atoms with Gasteiger partial charge in [-0.3, -0.25) is 0 Å². The quantitative estimate of drug-likeness (QED) is 0.679. The minimum absolute atomic E-state index is 0.274. The summed E-state index contributed by atoms with van der Waals surface area (Å²) in [6.45, 7) is 6.72. The summed E-state index contributed by atoms with van der Waals surface area (Å²) in [6.07, 6.45) is 10.1. The van der Waals surface area contributed by atoms with Crippen LogP contribution >= 0.6 is 0 Å². The van der Waals surface area contributed by atoms with Crippen LogP contribution in [0.15, 0.2) is 0 Å². The molecule has 2 fully saturated rings. The molecule has 0 aromatic heterocycles. The molecule has 1 heteroatoms. The average Bonchev–Trinajstić information content (AvgIpc) is 2.15. The monoisotopic (exact) mass is 210 g/mol. The minimum atomic E-state index is 0.274. The van der Waals surface area contributed by atoms with Crippen molar-refractivity contribution in [1.29, 1.82) is 0 Å². The predicted octanol–water partition coefficient (Wildman–Crippen LogP) is 4.16. The van der Waals surface area contributed by atoms with Gasteiger partial charge in [-0.2, -0.15) is 0 Å². The van der Waals surface area contributed by atoms with Gasteiger partial charge in [-0.05, 0) is 51.4 Å². The van der Waals surface area contributed by atoms with E-state index in [4.69, 9.17) is 4.74 Å². The highest BCUT2D eigenvalue weighted by atomic mass is 16.5. The number of hydrogen-bond acceptors (Lipinski definition) is 1. The molecule has 0 spiro atoms. The molecule has 2 bridgehead atoms. The third-order valence-electron chi connectivity index (χ3n) is 4.30. The Morgan fingerprint density at radius 1 is 1.33 bits per heavy atom. The molecule has 0 N–H and O–H groups in total. The van der Waals surface area contributed by atoms with Crippen molar-refractivity contribution in [2.75, 3.05) is 0 Å². The maximum Gasteiger partial charge on any atom is 0.0691 e. The first-order valence-electron chi connectivity index (χ1n) is 6.81. The topological polar surface area (TPSA) is 9.23 Å². The third-order valence-corrected chi connectivity index (χ3v) is 4.30. The molecule has 0 amide bonds. The van der Waals surface area contributed by atoms with E-state index < -0.39 is 0 Å². The highest BCUT2D eigenvalue weighted by Crippen LogP contribution is 2.48. The number of rotatable bonds is 3. The zero-order valence-electron chi connectivity index (χ0n) is 10.6. The summed E-state index contributed by atoms with van der Waals surface area (Å²) in [5.41, 5.74) is 0.274. The molecule has 88 valence electrons. The molecule has 0 saturated heterocycles. The first-order valence-corrected chi connectivity index (χ1v) is 6.81. The lowest BCUT2D eigenvalue weighted by Gasteiger charge is -2.49. The normalized spacial score (nSPS) is 40.8. The van der Waals surface area contributed by atoms with Crippen molar-refractivity contribution in [2.45, 2.75) is 77.4 Å². The van der Waals surface area contributed by atoms with Crippen LogP contribution in [-0.4, -0.2) is 11.7 Å². The zero-order chi connectivity index (χ0) is 10.9. The molecule has 0 radical (unpaired) electrons. The van der Waals surface area contributed by atoms with Crippen molar-refractivity contribution in [1.82, 2.24) is 0 Å². The van der Waals surface area contributed by atoms with E-state index in [1.807, 2.05) is 0 Å². The molecular weight excluding hydrogens is 184 g/mol. The molecule has 0 heterocycles. The smallest absolute Gasteiger partial charge is 0.0691 e. The summed E-state index contributed by atoms with van der Waals surface area (Å²) in [4.78, 5) is 0. The summed E-state index contributed by atoms with van der Waals surface area (Å²) in [6, 6.07) is 0. The Bertz CT molecular complexity index is 207. The molecule has 2 unspecified atom stereocenters. The first kappa shape index (κ1) is 11.4. The molecule has 0 aromatic carbocycles. The first-order chi connectivity index (χ1) is 7.13. The van der Waals surface area contributed by atoms with Gasteiger partial charge in [-0.25, -0.2) is 0 Å². The summed E-state index contributed by atoms with van der Waals surface area (Å²) in [7, 11) is 0. The summed E-state index contributed by atoms with van der Waals surface area (Å²) in [5, 5.41) is 0. The van der Waals surface area contributed by atoms with Gasteiger partial charge in [0.25, 0.3) is 0 Å². The van der Waals surface area contributed by atoms with Crippen LogP contribution in [0.1, 0.15) is 65.7 Å². The van der Waals surface area contributed by atoms with Crippen molar-refractivity contribution >= 4 is 0 Å². The molecular formula is C14H26O. The van der Waals surface area contributed by atoms with E-state index in [9.17, 15) is 0 Å². The van der Waals surface area contributed by atoms with Crippen LogP contribution in [0.4, 0.5) is 0 Å². The van der Waals surface area contributed by atoms with Crippen LogP contribution in [0, 0.1) is 11.8 Å². The van der Waals surface area contributed by atoms with Crippen molar-refractivity contribution < 1.29 is 4.74 Å². The van der Waals surface area contributed by atoms with Crippen molar-refractivity contribution in [3.8, 4) is 0 Å². The standard InChI is InChI=1S/C14H26O/c1-4-12-8-13-6-5-7-14(9-12,10-13)15-11(2)3/h11-13H,4-10H2,1-3H3/t12?,13?,14-/m0/s1. The summed E-state index contributed by atoms with van der Waals surface area (Å²) >= 11 is 0. The van der Waals surface area contributed by atoms with Gasteiger partial charge < -0.3 is 4.74 Å². The number of ether oxygens (including phenoxy) is 1. The molecule has 0 aromatic rings. The molecule has 15 heavy (non-hydrogen) atoms. The van der Waals surface area contributed by atoms with Crippen molar-refractivity contribution in [3.63, 3.8) is 0 Å². The van der Waals surface area contributed by atoms with Gasteiger partial charge in [-0.15, -0.1) is 0 Å². The molecule has 3 atom stereocenters. The van der Waals surface area contributed by atoms with Gasteiger partial charge in [0.1, 0.15) is 0 Å². The highest BCUT2D eigenvalue weighted by Gasteiger charge is 2.43. The Hall–Kier alpha value is -0.0400. The maximum atomic E-state index is 6.28. The van der Waals surface area contributed by atoms with Gasteiger partial charge in [-0.1, -0.05) is 26.2 Å². The van der Waals surface area contributed by atoms with Gasteiger partial charge in [0, 0.05) is 0 Å². The van der Waals surface area contributed by atoms with Crippen LogP contribution < -0.4 is 0 Å². The van der Waals surface area contributed by atoms with Crippen LogP contribution in [-0.2, 0) is 4.74 Å². The number of hydrogen-bond donors (Lipinski definition) is 0. The van der Waals surface area contributed by atoms with E-state index in [1.54, 1.807) is 0 Å². The van der Waals surface area contributed by atoms with E-state index in [0.29, 0.717) is 6.10 Å². The molecule has 2 rings (SSSR count). The Labute approximate surface area is 94.6 Å². The second kappa shape index (κ2) is 4.45. The van der Waals surface area contributed by atoms with E-state index >= 15 is 0 Å². The number of fused-ring (bicyclic) bond motifs is 2. The van der Waals surface area contributed by atoms with Gasteiger partial charge in [0.05, 0.1) is 11.7 Å². The van der Waals surface area contributed by atoms with E-state index in [1.165, 1.54) is 44.9 Å².